The Morgan fingerprint density at radius 3 is 2.47 bits per heavy atom. The normalized spacial score (nSPS) is 19.9. The second-order valence-electron chi connectivity index (χ2n) is 8.17. The van der Waals surface area contributed by atoms with Crippen molar-refractivity contribution in [3.63, 3.8) is 0 Å². The van der Waals surface area contributed by atoms with Crippen molar-refractivity contribution in [1.29, 1.82) is 0 Å². The first-order valence-corrected chi connectivity index (χ1v) is 13.9. The summed E-state index contributed by atoms with van der Waals surface area (Å²) in [6.45, 7) is 1.81. The van der Waals surface area contributed by atoms with E-state index in [1.54, 1.807) is 6.07 Å². The van der Waals surface area contributed by atoms with Gasteiger partial charge >= 0.3 is 0 Å². The van der Waals surface area contributed by atoms with Crippen LogP contribution in [0.5, 0.6) is 5.75 Å². The molecule has 0 unspecified atom stereocenters. The number of nitrogens with zero attached hydrogens (tertiary/aromatic N) is 2. The Morgan fingerprint density at radius 1 is 1.06 bits per heavy atom. The number of benzene rings is 2. The summed E-state index contributed by atoms with van der Waals surface area (Å²) in [7, 11) is -6.10. The zero-order chi connectivity index (χ0) is 24.3. The number of rotatable bonds is 8. The molecular formula is C22H28FN3O6S2. The summed E-state index contributed by atoms with van der Waals surface area (Å²) in [6.07, 6.45) is 1.61. The molecule has 1 atom stereocenters. The fraction of sp³-hybridized carbons (Fsp3) is 0.455. The Balaban J connectivity index is 1.49. The van der Waals surface area contributed by atoms with Crippen LogP contribution >= 0.6 is 0 Å². The molecule has 2 heterocycles. The highest BCUT2D eigenvalue weighted by Gasteiger charge is 2.30. The van der Waals surface area contributed by atoms with Gasteiger partial charge in [0.1, 0.15) is 11.6 Å². The molecule has 9 nitrogen and oxygen atoms in total. The summed E-state index contributed by atoms with van der Waals surface area (Å²) in [6, 6.07) is 9.53. The summed E-state index contributed by atoms with van der Waals surface area (Å²) in [4.78, 5) is 1.88. The quantitative estimate of drug-likeness (QED) is 0.574. The smallest absolute Gasteiger partial charge is 0.243 e. The number of halogens is 1. The van der Waals surface area contributed by atoms with Crippen LogP contribution in [0.15, 0.2) is 52.3 Å². The van der Waals surface area contributed by atoms with Crippen molar-refractivity contribution < 1.29 is 30.7 Å². The van der Waals surface area contributed by atoms with Gasteiger partial charge in [0.25, 0.3) is 0 Å². The SMILES string of the molecule is COc1ccc(S(=O)(=O)NC[C@H]2CCCO2)cc1N1CCN(S(=O)(=O)c2cccc(F)c2)CC1. The molecule has 4 rings (SSSR count). The van der Waals surface area contributed by atoms with Crippen LogP contribution in [0.3, 0.4) is 0 Å². The lowest BCUT2D eigenvalue weighted by molar-refractivity contribution is 0.114. The molecule has 34 heavy (non-hydrogen) atoms. The van der Waals surface area contributed by atoms with Crippen LogP contribution in [-0.2, 0) is 24.8 Å². The van der Waals surface area contributed by atoms with Gasteiger partial charge in [-0.1, -0.05) is 6.07 Å². The Bertz CT molecular complexity index is 1220. The van der Waals surface area contributed by atoms with Crippen molar-refractivity contribution >= 4 is 25.7 Å². The number of methoxy groups -OCH3 is 1. The maximum atomic E-state index is 13.5. The minimum Gasteiger partial charge on any atom is -0.495 e. The highest BCUT2D eigenvalue weighted by atomic mass is 32.2. The van der Waals surface area contributed by atoms with E-state index in [9.17, 15) is 21.2 Å². The third kappa shape index (κ3) is 5.36. The Kier molecular flexibility index (Phi) is 7.43. The van der Waals surface area contributed by atoms with Crippen LogP contribution in [0.4, 0.5) is 10.1 Å². The van der Waals surface area contributed by atoms with Gasteiger partial charge in [-0.15, -0.1) is 0 Å². The predicted molar refractivity (Wildman–Crippen MR) is 125 cm³/mol. The van der Waals surface area contributed by atoms with Crippen molar-refractivity contribution in [3.8, 4) is 5.75 Å². The second-order valence-corrected chi connectivity index (χ2v) is 11.9. The molecule has 0 aliphatic carbocycles. The molecule has 12 heteroatoms. The van der Waals surface area contributed by atoms with E-state index in [1.165, 1.54) is 41.7 Å². The molecule has 2 aromatic rings. The highest BCUT2D eigenvalue weighted by Crippen LogP contribution is 2.32. The van der Waals surface area contributed by atoms with Crippen LogP contribution in [0.2, 0.25) is 0 Å². The van der Waals surface area contributed by atoms with Crippen LogP contribution < -0.4 is 14.4 Å². The van der Waals surface area contributed by atoms with Gasteiger partial charge in [-0.25, -0.2) is 25.9 Å². The number of hydrogen-bond acceptors (Lipinski definition) is 7. The molecule has 2 aliphatic rings. The average Bonchev–Trinajstić information content (AvgIpc) is 3.36. The largest absolute Gasteiger partial charge is 0.495 e. The number of piperazine rings is 1. The van der Waals surface area contributed by atoms with E-state index in [0.29, 0.717) is 31.1 Å². The standard InChI is InChI=1S/C22H28FN3O6S2/c1-31-22-8-7-19(33(27,28)24-16-18-5-3-13-32-18)15-21(22)25-9-11-26(12-10-25)34(29,30)20-6-2-4-17(23)14-20/h2,4,6-8,14-15,18,24H,3,5,9-13,16H2,1H3/t18-/m1/s1. The monoisotopic (exact) mass is 513 g/mol. The van der Waals surface area contributed by atoms with E-state index in [2.05, 4.69) is 4.72 Å². The summed E-state index contributed by atoms with van der Waals surface area (Å²) in [5.41, 5.74) is 0.560. The van der Waals surface area contributed by atoms with Crippen molar-refractivity contribution in [3.05, 3.63) is 48.3 Å². The van der Waals surface area contributed by atoms with Crippen molar-refractivity contribution in [2.24, 2.45) is 0 Å². The van der Waals surface area contributed by atoms with E-state index in [1.807, 2.05) is 4.90 Å². The molecule has 2 aromatic carbocycles. The minimum atomic E-state index is -3.84. The molecule has 2 aliphatic heterocycles. The van der Waals surface area contributed by atoms with E-state index in [-0.39, 0.29) is 35.5 Å². The summed E-state index contributed by atoms with van der Waals surface area (Å²) in [5.74, 6) is -0.130. The fourth-order valence-corrected chi connectivity index (χ4v) is 6.66. The maximum Gasteiger partial charge on any atom is 0.243 e. The van der Waals surface area contributed by atoms with Crippen LogP contribution in [0.1, 0.15) is 12.8 Å². The maximum absolute atomic E-state index is 13.5. The third-order valence-electron chi connectivity index (χ3n) is 6.00. The Labute approximate surface area is 199 Å². The molecular weight excluding hydrogens is 485 g/mol. The molecule has 0 radical (unpaired) electrons. The molecule has 2 fully saturated rings. The second kappa shape index (κ2) is 10.2. The van der Waals surface area contributed by atoms with Gasteiger partial charge < -0.3 is 14.4 Å². The van der Waals surface area contributed by atoms with Gasteiger partial charge in [0.15, 0.2) is 0 Å². The molecule has 2 saturated heterocycles. The summed E-state index contributed by atoms with van der Waals surface area (Å²) in [5, 5.41) is 0. The third-order valence-corrected chi connectivity index (χ3v) is 9.31. The Hall–Kier alpha value is -2.25. The number of anilines is 1. The summed E-state index contributed by atoms with van der Waals surface area (Å²) >= 11 is 0. The molecule has 0 amide bonds. The Morgan fingerprint density at radius 2 is 1.82 bits per heavy atom. The molecule has 186 valence electrons. The van der Waals surface area contributed by atoms with Crippen LogP contribution in [-0.4, -0.2) is 73.7 Å². The predicted octanol–water partition coefficient (Wildman–Crippen LogP) is 1.80. The van der Waals surface area contributed by atoms with Gasteiger partial charge in [0.2, 0.25) is 20.0 Å². The van der Waals surface area contributed by atoms with Gasteiger partial charge in [0.05, 0.1) is 28.7 Å². The van der Waals surface area contributed by atoms with E-state index in [4.69, 9.17) is 9.47 Å². The first-order chi connectivity index (χ1) is 16.2. The molecule has 1 N–H and O–H groups in total. The van der Waals surface area contributed by atoms with Gasteiger partial charge in [-0.05, 0) is 49.2 Å². The molecule has 0 spiro atoms. The first-order valence-electron chi connectivity index (χ1n) is 11.0. The molecule has 0 aromatic heterocycles. The molecule has 0 bridgehead atoms. The zero-order valence-corrected chi connectivity index (χ0v) is 20.4. The van der Waals surface area contributed by atoms with E-state index < -0.39 is 25.9 Å². The zero-order valence-electron chi connectivity index (χ0n) is 18.8. The van der Waals surface area contributed by atoms with E-state index >= 15 is 0 Å². The number of hydrogen-bond donors (Lipinski definition) is 1. The number of ether oxygens (including phenoxy) is 2. The van der Waals surface area contributed by atoms with Gasteiger partial charge in [-0.2, -0.15) is 4.31 Å². The lowest BCUT2D eigenvalue weighted by atomic mass is 10.2. The minimum absolute atomic E-state index is 0.0936. The van der Waals surface area contributed by atoms with Gasteiger partial charge in [-0.3, -0.25) is 0 Å². The highest BCUT2D eigenvalue weighted by molar-refractivity contribution is 7.89. The van der Waals surface area contributed by atoms with E-state index in [0.717, 1.165) is 18.9 Å². The van der Waals surface area contributed by atoms with Crippen LogP contribution in [0.25, 0.3) is 0 Å². The topological polar surface area (TPSA) is 105 Å². The average molecular weight is 514 g/mol. The number of nitrogens with one attached hydrogen (secondary N) is 1. The van der Waals surface area contributed by atoms with Crippen LogP contribution in [0, 0.1) is 5.82 Å². The van der Waals surface area contributed by atoms with Gasteiger partial charge in [0, 0.05) is 39.3 Å². The summed E-state index contributed by atoms with van der Waals surface area (Å²) < 4.78 is 79.8. The van der Waals surface area contributed by atoms with Crippen molar-refractivity contribution in [2.45, 2.75) is 28.7 Å². The fourth-order valence-electron chi connectivity index (χ4n) is 4.12. The first kappa shape index (κ1) is 24.9. The lowest BCUT2D eigenvalue weighted by Gasteiger charge is -2.36. The van der Waals surface area contributed by atoms with Crippen molar-refractivity contribution in [2.75, 3.05) is 51.3 Å². The van der Waals surface area contributed by atoms with Crippen molar-refractivity contribution in [1.82, 2.24) is 9.03 Å². The molecule has 0 saturated carbocycles. The lowest BCUT2D eigenvalue weighted by Crippen LogP contribution is -2.48. The number of sulfonamides is 2.